The molecule has 0 bridgehead atoms. The lowest BCUT2D eigenvalue weighted by molar-refractivity contribution is -0.132. The maximum Gasteiger partial charge on any atom is 0.301 e. The van der Waals surface area contributed by atoms with Gasteiger partial charge in [-0.15, -0.1) is 0 Å². The zero-order valence-corrected chi connectivity index (χ0v) is 17.5. The van der Waals surface area contributed by atoms with Gasteiger partial charge in [-0.05, 0) is 35.9 Å². The van der Waals surface area contributed by atoms with Crippen molar-refractivity contribution in [3.05, 3.63) is 94.8 Å². The minimum atomic E-state index is -0.814. The lowest BCUT2D eigenvalue weighted by atomic mass is 9.96. The van der Waals surface area contributed by atoms with Crippen LogP contribution in [0, 0.1) is 0 Å². The summed E-state index contributed by atoms with van der Waals surface area (Å²) in [6, 6.07) is 16.7. The van der Waals surface area contributed by atoms with Crippen LogP contribution in [0.15, 0.2) is 78.6 Å². The fourth-order valence-electron chi connectivity index (χ4n) is 3.64. The Bertz CT molecular complexity index is 1350. The van der Waals surface area contributed by atoms with Gasteiger partial charge >= 0.3 is 5.91 Å². The van der Waals surface area contributed by atoms with E-state index in [0.717, 1.165) is 4.70 Å². The van der Waals surface area contributed by atoms with E-state index in [4.69, 9.17) is 11.6 Å². The van der Waals surface area contributed by atoms with Gasteiger partial charge in [-0.1, -0.05) is 53.3 Å². The molecule has 1 amide bonds. The number of aliphatic hydroxyl groups excluding tert-OH is 1. The van der Waals surface area contributed by atoms with Crippen LogP contribution >= 0.6 is 22.9 Å². The van der Waals surface area contributed by atoms with E-state index in [1.165, 1.54) is 28.6 Å². The molecule has 3 heterocycles. The Labute approximate surface area is 186 Å². The van der Waals surface area contributed by atoms with Crippen molar-refractivity contribution in [1.29, 1.82) is 0 Å². The first-order valence-electron chi connectivity index (χ1n) is 9.37. The van der Waals surface area contributed by atoms with E-state index < -0.39 is 17.7 Å². The minimum absolute atomic E-state index is 0.0136. The SMILES string of the molecule is O=C1C(=O)N(c2nc3ccc(Cl)cc3s2)C(c2ccccc2)C1=C(O)c1ccncc1. The number of carbonyl (C=O) groups is 2. The Kier molecular flexibility index (Phi) is 4.77. The number of Topliss-reactive ketones (excluding diaryl/α,β-unsaturated/α-hetero) is 1. The largest absolute Gasteiger partial charge is 0.507 e. The number of rotatable bonds is 3. The van der Waals surface area contributed by atoms with Crippen LogP contribution in [0.1, 0.15) is 17.2 Å². The number of aromatic nitrogens is 2. The van der Waals surface area contributed by atoms with Gasteiger partial charge in [-0.2, -0.15) is 0 Å². The fraction of sp³-hybridized carbons (Fsp3) is 0.0435. The van der Waals surface area contributed by atoms with Crippen LogP contribution in [0.5, 0.6) is 0 Å². The molecular formula is C23H14ClN3O3S. The molecule has 1 unspecified atom stereocenters. The topological polar surface area (TPSA) is 83.4 Å². The summed E-state index contributed by atoms with van der Waals surface area (Å²) in [5.41, 5.74) is 1.78. The van der Waals surface area contributed by atoms with Crippen molar-refractivity contribution in [3.63, 3.8) is 0 Å². The van der Waals surface area contributed by atoms with Crippen LogP contribution in [0.3, 0.4) is 0 Å². The lowest BCUT2D eigenvalue weighted by Crippen LogP contribution is -2.29. The molecule has 1 aliphatic heterocycles. The van der Waals surface area contributed by atoms with Crippen LogP contribution in [-0.4, -0.2) is 26.8 Å². The molecule has 1 fully saturated rings. The Morgan fingerprint density at radius 2 is 1.77 bits per heavy atom. The molecule has 0 aliphatic carbocycles. The lowest BCUT2D eigenvalue weighted by Gasteiger charge is -2.22. The van der Waals surface area contributed by atoms with Gasteiger partial charge in [0.05, 0.1) is 21.8 Å². The number of fused-ring (bicyclic) bond motifs is 1. The van der Waals surface area contributed by atoms with Crippen LogP contribution < -0.4 is 4.90 Å². The maximum atomic E-state index is 13.1. The first-order valence-corrected chi connectivity index (χ1v) is 10.6. The number of hydrogen-bond acceptors (Lipinski definition) is 6. The van der Waals surface area contributed by atoms with E-state index in [0.29, 0.717) is 26.8 Å². The highest BCUT2D eigenvalue weighted by atomic mass is 35.5. The second kappa shape index (κ2) is 7.61. The van der Waals surface area contributed by atoms with Crippen LogP contribution in [-0.2, 0) is 9.59 Å². The summed E-state index contributed by atoms with van der Waals surface area (Å²) >= 11 is 7.36. The smallest absolute Gasteiger partial charge is 0.301 e. The van der Waals surface area contributed by atoms with Gasteiger partial charge in [0.15, 0.2) is 5.13 Å². The third kappa shape index (κ3) is 3.28. The highest BCUT2D eigenvalue weighted by Gasteiger charge is 2.48. The second-order valence-electron chi connectivity index (χ2n) is 6.92. The number of pyridine rings is 1. The highest BCUT2D eigenvalue weighted by Crippen LogP contribution is 2.44. The number of thiazole rings is 1. The maximum absolute atomic E-state index is 13.1. The Morgan fingerprint density at radius 1 is 1.03 bits per heavy atom. The standard InChI is InChI=1S/C23H14ClN3O3S/c24-15-6-7-16-17(12-15)31-23(26-16)27-19(13-4-2-1-3-5-13)18(21(29)22(27)30)20(28)14-8-10-25-11-9-14/h1-12,19,28H. The van der Waals surface area contributed by atoms with E-state index >= 15 is 0 Å². The molecule has 0 saturated carbocycles. The van der Waals surface area contributed by atoms with Gasteiger partial charge in [0.2, 0.25) is 0 Å². The van der Waals surface area contributed by atoms with Crippen molar-refractivity contribution >= 4 is 55.7 Å². The zero-order valence-electron chi connectivity index (χ0n) is 15.9. The van der Waals surface area contributed by atoms with E-state index in [9.17, 15) is 14.7 Å². The molecule has 0 spiro atoms. The van der Waals surface area contributed by atoms with Crippen molar-refractivity contribution in [2.45, 2.75) is 6.04 Å². The Morgan fingerprint density at radius 3 is 2.52 bits per heavy atom. The molecule has 1 atom stereocenters. The summed E-state index contributed by atoms with van der Waals surface area (Å²) in [7, 11) is 0. The number of anilines is 1. The van der Waals surface area contributed by atoms with Crippen molar-refractivity contribution in [2.24, 2.45) is 0 Å². The molecule has 6 nitrogen and oxygen atoms in total. The van der Waals surface area contributed by atoms with Gasteiger partial charge in [0.25, 0.3) is 5.78 Å². The molecule has 1 aliphatic rings. The summed E-state index contributed by atoms with van der Waals surface area (Å²) in [6.45, 7) is 0. The molecule has 8 heteroatoms. The first kappa shape index (κ1) is 19.4. The van der Waals surface area contributed by atoms with E-state index in [-0.39, 0.29) is 11.3 Å². The molecule has 4 aromatic rings. The van der Waals surface area contributed by atoms with Gasteiger partial charge in [0.1, 0.15) is 5.76 Å². The molecule has 2 aromatic heterocycles. The molecular weight excluding hydrogens is 434 g/mol. The van der Waals surface area contributed by atoms with Gasteiger partial charge in [-0.25, -0.2) is 4.98 Å². The average molecular weight is 448 g/mol. The normalized spacial score (nSPS) is 18.1. The number of aliphatic hydroxyl groups is 1. The second-order valence-corrected chi connectivity index (χ2v) is 8.37. The van der Waals surface area contributed by atoms with Gasteiger partial charge in [-0.3, -0.25) is 19.5 Å². The summed E-state index contributed by atoms with van der Waals surface area (Å²) < 4.78 is 0.797. The van der Waals surface area contributed by atoms with Crippen LogP contribution in [0.2, 0.25) is 5.02 Å². The number of halogens is 1. The van der Waals surface area contributed by atoms with Crippen LogP contribution in [0.4, 0.5) is 5.13 Å². The van der Waals surface area contributed by atoms with Crippen molar-refractivity contribution in [3.8, 4) is 0 Å². The average Bonchev–Trinajstić information content (AvgIpc) is 3.32. The number of nitrogens with zero attached hydrogens (tertiary/aromatic N) is 3. The van der Waals surface area contributed by atoms with E-state index in [1.54, 1.807) is 30.3 Å². The summed E-state index contributed by atoms with van der Waals surface area (Å²) in [6.07, 6.45) is 3.03. The number of carbonyl (C=O) groups excluding carboxylic acids is 2. The molecule has 152 valence electrons. The van der Waals surface area contributed by atoms with Crippen molar-refractivity contribution in [2.75, 3.05) is 4.90 Å². The molecule has 2 aromatic carbocycles. The van der Waals surface area contributed by atoms with Crippen molar-refractivity contribution in [1.82, 2.24) is 9.97 Å². The molecule has 1 N–H and O–H groups in total. The quantitative estimate of drug-likeness (QED) is 0.272. The first-order chi connectivity index (χ1) is 15.0. The Hall–Kier alpha value is -3.55. The van der Waals surface area contributed by atoms with E-state index in [2.05, 4.69) is 9.97 Å². The Balaban J connectivity index is 1.73. The highest BCUT2D eigenvalue weighted by molar-refractivity contribution is 7.22. The molecule has 0 radical (unpaired) electrons. The minimum Gasteiger partial charge on any atom is -0.507 e. The molecule has 5 rings (SSSR count). The monoisotopic (exact) mass is 447 g/mol. The van der Waals surface area contributed by atoms with Crippen molar-refractivity contribution < 1.29 is 14.7 Å². The number of hydrogen-bond donors (Lipinski definition) is 1. The number of amides is 1. The van der Waals surface area contributed by atoms with Gasteiger partial charge in [0, 0.05) is 23.0 Å². The molecule has 1 saturated heterocycles. The molecule has 31 heavy (non-hydrogen) atoms. The van der Waals surface area contributed by atoms with Gasteiger partial charge < -0.3 is 5.11 Å². The fourth-order valence-corrected chi connectivity index (χ4v) is 4.90. The predicted molar refractivity (Wildman–Crippen MR) is 120 cm³/mol. The summed E-state index contributed by atoms with van der Waals surface area (Å²) in [5, 5.41) is 11.9. The third-order valence-electron chi connectivity index (χ3n) is 5.06. The predicted octanol–water partition coefficient (Wildman–Crippen LogP) is 4.97. The number of ketones is 1. The zero-order chi connectivity index (χ0) is 21.5. The summed E-state index contributed by atoms with van der Waals surface area (Å²) in [4.78, 5) is 36.1. The van der Waals surface area contributed by atoms with E-state index in [1.807, 2.05) is 30.3 Å². The number of benzene rings is 2. The summed E-state index contributed by atoms with van der Waals surface area (Å²) in [5.74, 6) is -1.75. The third-order valence-corrected chi connectivity index (χ3v) is 6.31. The van der Waals surface area contributed by atoms with Crippen LogP contribution in [0.25, 0.3) is 16.0 Å².